The molecule has 0 fully saturated rings. The monoisotopic (exact) mass is 235 g/mol. The van der Waals surface area contributed by atoms with Gasteiger partial charge in [0.2, 0.25) is 0 Å². The molecule has 2 N–H and O–H groups in total. The number of aromatic nitrogens is 1. The van der Waals surface area contributed by atoms with Gasteiger partial charge in [0.15, 0.2) is 0 Å². The lowest BCUT2D eigenvalue weighted by Crippen LogP contribution is -2.40. The summed E-state index contributed by atoms with van der Waals surface area (Å²) in [7, 11) is 0. The highest BCUT2D eigenvalue weighted by Crippen LogP contribution is 2.23. The van der Waals surface area contributed by atoms with Gasteiger partial charge in [-0.2, -0.15) is 0 Å². The molecule has 0 amide bonds. The Morgan fingerprint density at radius 1 is 1.41 bits per heavy atom. The van der Waals surface area contributed by atoms with Crippen molar-refractivity contribution in [1.29, 1.82) is 0 Å². The van der Waals surface area contributed by atoms with E-state index in [9.17, 15) is 0 Å². The van der Waals surface area contributed by atoms with Gasteiger partial charge in [-0.05, 0) is 37.6 Å². The molecule has 3 heteroatoms. The van der Waals surface area contributed by atoms with Gasteiger partial charge in [0, 0.05) is 18.8 Å². The molecule has 3 nitrogen and oxygen atoms in total. The Kier molecular flexibility index (Phi) is 5.09. The highest BCUT2D eigenvalue weighted by Gasteiger charge is 2.23. The molecule has 1 unspecified atom stereocenters. The molecule has 1 rings (SSSR count). The predicted molar refractivity (Wildman–Crippen MR) is 72.7 cm³/mol. The quantitative estimate of drug-likeness (QED) is 0.823. The zero-order chi connectivity index (χ0) is 12.9. The number of nitrogens with two attached hydrogens (primary N) is 1. The lowest BCUT2D eigenvalue weighted by Gasteiger charge is -2.34. The molecule has 17 heavy (non-hydrogen) atoms. The van der Waals surface area contributed by atoms with Crippen LogP contribution in [-0.4, -0.2) is 29.5 Å². The molecule has 0 aliphatic heterocycles. The molecular formula is C14H25N3. The molecule has 0 aliphatic carbocycles. The van der Waals surface area contributed by atoms with Crippen LogP contribution in [0.25, 0.3) is 0 Å². The van der Waals surface area contributed by atoms with Crippen molar-refractivity contribution in [2.45, 2.75) is 33.7 Å². The van der Waals surface area contributed by atoms with Crippen molar-refractivity contribution in [1.82, 2.24) is 9.88 Å². The van der Waals surface area contributed by atoms with Crippen molar-refractivity contribution in [2.75, 3.05) is 19.6 Å². The highest BCUT2D eigenvalue weighted by molar-refractivity contribution is 5.08. The van der Waals surface area contributed by atoms with E-state index in [1.165, 1.54) is 0 Å². The van der Waals surface area contributed by atoms with E-state index in [0.717, 1.165) is 18.8 Å². The van der Waals surface area contributed by atoms with E-state index in [-0.39, 0.29) is 5.41 Å². The predicted octanol–water partition coefficient (Wildman–Crippen LogP) is 2.45. The van der Waals surface area contributed by atoms with E-state index < -0.39 is 0 Å². The Hall–Kier alpha value is -0.930. The molecule has 1 aromatic rings. The second-order valence-electron chi connectivity index (χ2n) is 5.36. The van der Waals surface area contributed by atoms with Crippen molar-refractivity contribution in [2.24, 2.45) is 11.1 Å². The SMILES string of the molecule is CCN(CC(C)(C)CN)C(C)c1ccccn1. The normalized spacial score (nSPS) is 14.0. The second kappa shape index (κ2) is 6.12. The topological polar surface area (TPSA) is 42.1 Å². The number of rotatable bonds is 6. The average Bonchev–Trinajstić information content (AvgIpc) is 2.36. The molecule has 1 heterocycles. The molecule has 0 saturated carbocycles. The highest BCUT2D eigenvalue weighted by atomic mass is 15.2. The van der Waals surface area contributed by atoms with Gasteiger partial charge in [0.1, 0.15) is 0 Å². The number of pyridine rings is 1. The van der Waals surface area contributed by atoms with Crippen LogP contribution in [0.2, 0.25) is 0 Å². The zero-order valence-electron chi connectivity index (χ0n) is 11.5. The van der Waals surface area contributed by atoms with E-state index in [1.54, 1.807) is 0 Å². The fraction of sp³-hybridized carbons (Fsp3) is 0.643. The fourth-order valence-electron chi connectivity index (χ4n) is 1.95. The van der Waals surface area contributed by atoms with Crippen LogP contribution in [-0.2, 0) is 0 Å². The van der Waals surface area contributed by atoms with Crippen molar-refractivity contribution in [3.8, 4) is 0 Å². The third-order valence-electron chi connectivity index (χ3n) is 3.25. The maximum Gasteiger partial charge on any atom is 0.0572 e. The molecular weight excluding hydrogens is 210 g/mol. The minimum absolute atomic E-state index is 0.152. The number of nitrogens with zero attached hydrogens (tertiary/aromatic N) is 2. The van der Waals surface area contributed by atoms with Crippen molar-refractivity contribution >= 4 is 0 Å². The molecule has 0 aliphatic rings. The van der Waals surface area contributed by atoms with Crippen LogP contribution in [0.4, 0.5) is 0 Å². The van der Waals surface area contributed by atoms with Crippen LogP contribution in [0.3, 0.4) is 0 Å². The van der Waals surface area contributed by atoms with Crippen LogP contribution >= 0.6 is 0 Å². The summed E-state index contributed by atoms with van der Waals surface area (Å²) in [6, 6.07) is 6.42. The summed E-state index contributed by atoms with van der Waals surface area (Å²) in [6.07, 6.45) is 1.85. The smallest absolute Gasteiger partial charge is 0.0572 e. The minimum atomic E-state index is 0.152. The Morgan fingerprint density at radius 3 is 2.59 bits per heavy atom. The third kappa shape index (κ3) is 4.10. The standard InChI is InChI=1S/C14H25N3/c1-5-17(11-14(3,4)10-15)12(2)13-8-6-7-9-16-13/h6-9,12H,5,10-11,15H2,1-4H3. The molecule has 0 bridgehead atoms. The third-order valence-corrected chi connectivity index (χ3v) is 3.25. The maximum absolute atomic E-state index is 5.81. The zero-order valence-corrected chi connectivity index (χ0v) is 11.5. The van der Waals surface area contributed by atoms with Gasteiger partial charge < -0.3 is 5.73 Å². The van der Waals surface area contributed by atoms with Crippen molar-refractivity contribution in [3.63, 3.8) is 0 Å². The summed E-state index contributed by atoms with van der Waals surface area (Å²) in [5.41, 5.74) is 7.08. The average molecular weight is 235 g/mol. The second-order valence-corrected chi connectivity index (χ2v) is 5.36. The molecule has 0 radical (unpaired) electrons. The number of hydrogen-bond donors (Lipinski definition) is 1. The lowest BCUT2D eigenvalue weighted by atomic mass is 9.92. The molecule has 0 spiro atoms. The summed E-state index contributed by atoms with van der Waals surface area (Å²) < 4.78 is 0. The van der Waals surface area contributed by atoms with Crippen LogP contribution in [0.1, 0.15) is 39.4 Å². The van der Waals surface area contributed by atoms with E-state index in [4.69, 9.17) is 5.73 Å². The fourth-order valence-corrected chi connectivity index (χ4v) is 1.95. The van der Waals surface area contributed by atoms with Crippen LogP contribution < -0.4 is 5.73 Å². The Balaban J connectivity index is 2.74. The van der Waals surface area contributed by atoms with Crippen LogP contribution in [0.5, 0.6) is 0 Å². The molecule has 1 atom stereocenters. The first-order valence-electron chi connectivity index (χ1n) is 6.35. The van der Waals surface area contributed by atoms with Gasteiger partial charge in [-0.25, -0.2) is 0 Å². The molecule has 1 aromatic heterocycles. The molecule has 0 saturated heterocycles. The van der Waals surface area contributed by atoms with Gasteiger partial charge in [-0.1, -0.05) is 26.8 Å². The molecule has 0 aromatic carbocycles. The lowest BCUT2D eigenvalue weighted by molar-refractivity contribution is 0.145. The first-order valence-corrected chi connectivity index (χ1v) is 6.35. The molecule has 96 valence electrons. The summed E-state index contributed by atoms with van der Waals surface area (Å²) in [5.74, 6) is 0. The minimum Gasteiger partial charge on any atom is -0.330 e. The van der Waals surface area contributed by atoms with E-state index in [2.05, 4.69) is 43.6 Å². The van der Waals surface area contributed by atoms with E-state index >= 15 is 0 Å². The van der Waals surface area contributed by atoms with Gasteiger partial charge in [0.25, 0.3) is 0 Å². The Labute approximate surface area is 105 Å². The van der Waals surface area contributed by atoms with E-state index in [0.29, 0.717) is 12.6 Å². The van der Waals surface area contributed by atoms with Gasteiger partial charge in [-0.15, -0.1) is 0 Å². The van der Waals surface area contributed by atoms with E-state index in [1.807, 2.05) is 18.3 Å². The van der Waals surface area contributed by atoms with Gasteiger partial charge in [-0.3, -0.25) is 9.88 Å². The van der Waals surface area contributed by atoms with Gasteiger partial charge >= 0.3 is 0 Å². The summed E-state index contributed by atoms with van der Waals surface area (Å²) in [5, 5.41) is 0. The maximum atomic E-state index is 5.81. The first kappa shape index (κ1) is 14.1. The van der Waals surface area contributed by atoms with Crippen LogP contribution in [0, 0.1) is 5.41 Å². The number of hydrogen-bond acceptors (Lipinski definition) is 3. The largest absolute Gasteiger partial charge is 0.330 e. The van der Waals surface area contributed by atoms with Crippen molar-refractivity contribution < 1.29 is 0 Å². The Bertz CT molecular complexity index is 321. The summed E-state index contributed by atoms with van der Waals surface area (Å²) in [4.78, 5) is 6.86. The summed E-state index contributed by atoms with van der Waals surface area (Å²) in [6.45, 7) is 11.5. The summed E-state index contributed by atoms with van der Waals surface area (Å²) >= 11 is 0. The van der Waals surface area contributed by atoms with Gasteiger partial charge in [0.05, 0.1) is 5.69 Å². The van der Waals surface area contributed by atoms with Crippen LogP contribution in [0.15, 0.2) is 24.4 Å². The Morgan fingerprint density at radius 2 is 2.12 bits per heavy atom. The first-order chi connectivity index (χ1) is 8.00. The van der Waals surface area contributed by atoms with Crippen molar-refractivity contribution in [3.05, 3.63) is 30.1 Å².